The van der Waals surface area contributed by atoms with E-state index in [1.54, 1.807) is 12.1 Å². The number of nitrogens with one attached hydrogen (secondary N) is 1. The highest BCUT2D eigenvalue weighted by Crippen LogP contribution is 2.27. The molecule has 0 amide bonds. The molecule has 0 aliphatic carbocycles. The summed E-state index contributed by atoms with van der Waals surface area (Å²) in [5.41, 5.74) is 0.0379. The summed E-state index contributed by atoms with van der Waals surface area (Å²) >= 11 is 3.26. The lowest BCUT2D eigenvalue weighted by Gasteiger charge is -2.23. The van der Waals surface area contributed by atoms with E-state index in [1.807, 2.05) is 18.7 Å². The highest BCUT2D eigenvalue weighted by Gasteiger charge is 2.20. The molecular formula is C16H18BrN3O4S. The third-order valence-electron chi connectivity index (χ3n) is 3.54. The molecule has 1 aromatic heterocycles. The number of aromatic carboxylic acids is 1. The van der Waals surface area contributed by atoms with Crippen LogP contribution in [0.4, 0.5) is 11.5 Å². The van der Waals surface area contributed by atoms with Gasteiger partial charge in [-0.15, -0.1) is 0 Å². The third-order valence-corrected chi connectivity index (χ3v) is 5.45. The number of carbonyl (C=O) groups is 1. The molecule has 7 nitrogen and oxygen atoms in total. The summed E-state index contributed by atoms with van der Waals surface area (Å²) in [6, 6.07) is 7.42. The molecule has 0 aliphatic heterocycles. The number of halogens is 1. The Morgan fingerprint density at radius 2 is 1.84 bits per heavy atom. The number of rotatable bonds is 7. The van der Waals surface area contributed by atoms with E-state index in [2.05, 4.69) is 25.6 Å². The van der Waals surface area contributed by atoms with Gasteiger partial charge in [0, 0.05) is 23.8 Å². The molecule has 0 aliphatic rings. The maximum Gasteiger partial charge on any atom is 0.337 e. The van der Waals surface area contributed by atoms with Crippen molar-refractivity contribution in [2.45, 2.75) is 18.7 Å². The number of pyridine rings is 1. The first-order valence-corrected chi connectivity index (χ1v) is 9.82. The highest BCUT2D eigenvalue weighted by atomic mass is 79.9. The van der Waals surface area contributed by atoms with Crippen LogP contribution in [-0.2, 0) is 10.0 Å². The maximum atomic E-state index is 12.6. The molecule has 0 unspecified atom stereocenters. The molecule has 2 rings (SSSR count). The number of hydrogen-bond acceptors (Lipinski definition) is 5. The van der Waals surface area contributed by atoms with Gasteiger partial charge in [0.25, 0.3) is 10.0 Å². The summed E-state index contributed by atoms with van der Waals surface area (Å²) in [5.74, 6) is -0.793. The second-order valence-corrected chi connectivity index (χ2v) is 7.73. The normalized spacial score (nSPS) is 11.2. The van der Waals surface area contributed by atoms with E-state index in [1.165, 1.54) is 24.4 Å². The Labute approximate surface area is 154 Å². The summed E-state index contributed by atoms with van der Waals surface area (Å²) in [7, 11) is -3.88. The fourth-order valence-corrected chi connectivity index (χ4v) is 3.56. The van der Waals surface area contributed by atoms with Gasteiger partial charge in [0.2, 0.25) is 0 Å². The summed E-state index contributed by atoms with van der Waals surface area (Å²) < 4.78 is 28.5. The van der Waals surface area contributed by atoms with Crippen LogP contribution in [-0.4, -0.2) is 37.6 Å². The van der Waals surface area contributed by atoms with E-state index in [9.17, 15) is 13.2 Å². The van der Waals surface area contributed by atoms with Crippen LogP contribution in [0.15, 0.2) is 45.9 Å². The minimum absolute atomic E-state index is 0.0712. The van der Waals surface area contributed by atoms with Crippen LogP contribution in [0.5, 0.6) is 0 Å². The van der Waals surface area contributed by atoms with Crippen LogP contribution < -0.4 is 9.62 Å². The minimum Gasteiger partial charge on any atom is -0.478 e. The van der Waals surface area contributed by atoms with Gasteiger partial charge in [0.1, 0.15) is 0 Å². The first-order valence-electron chi connectivity index (χ1n) is 7.55. The molecule has 0 saturated heterocycles. The topological polar surface area (TPSA) is 99.6 Å². The average molecular weight is 428 g/mol. The zero-order valence-electron chi connectivity index (χ0n) is 13.7. The van der Waals surface area contributed by atoms with E-state index in [0.29, 0.717) is 18.9 Å². The van der Waals surface area contributed by atoms with Crippen LogP contribution in [0.2, 0.25) is 0 Å². The molecule has 2 N–H and O–H groups in total. The van der Waals surface area contributed by atoms with Crippen molar-refractivity contribution >= 4 is 43.4 Å². The predicted molar refractivity (Wildman–Crippen MR) is 99.7 cm³/mol. The quantitative estimate of drug-likeness (QED) is 0.703. The van der Waals surface area contributed by atoms with Crippen molar-refractivity contribution in [1.29, 1.82) is 0 Å². The summed E-state index contributed by atoms with van der Waals surface area (Å²) in [6.45, 7) is 5.01. The monoisotopic (exact) mass is 427 g/mol. The van der Waals surface area contributed by atoms with Crippen molar-refractivity contribution in [3.05, 3.63) is 46.6 Å². The molecule has 0 radical (unpaired) electrons. The molecular weight excluding hydrogens is 410 g/mol. The van der Waals surface area contributed by atoms with E-state index in [-0.39, 0.29) is 16.1 Å². The highest BCUT2D eigenvalue weighted by molar-refractivity contribution is 9.10. The van der Waals surface area contributed by atoms with Crippen molar-refractivity contribution in [3.8, 4) is 0 Å². The average Bonchev–Trinajstić information content (AvgIpc) is 2.57. The van der Waals surface area contributed by atoms with Crippen LogP contribution in [0, 0.1) is 0 Å². The van der Waals surface area contributed by atoms with Crippen molar-refractivity contribution in [2.75, 3.05) is 22.7 Å². The molecule has 0 spiro atoms. The number of carboxylic acid groups (broad SMARTS) is 1. The maximum absolute atomic E-state index is 12.6. The lowest BCUT2D eigenvalue weighted by atomic mass is 10.2. The standard InChI is InChI=1S/C16H18BrN3O4S/c1-3-20(4-2)15-14(9-11(10-18-15)16(21)22)19-25(23,24)13-7-5-12(17)6-8-13/h5-10,19H,3-4H2,1-2H3,(H,21,22). The van der Waals surface area contributed by atoms with Gasteiger partial charge in [0.05, 0.1) is 16.1 Å². The Morgan fingerprint density at radius 3 is 2.36 bits per heavy atom. The Hall–Kier alpha value is -2.13. The number of hydrogen-bond donors (Lipinski definition) is 2. The van der Waals surface area contributed by atoms with Crippen molar-refractivity contribution in [3.63, 3.8) is 0 Å². The molecule has 25 heavy (non-hydrogen) atoms. The van der Waals surface area contributed by atoms with E-state index >= 15 is 0 Å². The number of anilines is 2. The Bertz CT molecular complexity index is 865. The first-order chi connectivity index (χ1) is 11.8. The van der Waals surface area contributed by atoms with Gasteiger partial charge < -0.3 is 10.0 Å². The molecule has 1 aromatic carbocycles. The minimum atomic E-state index is -3.88. The predicted octanol–water partition coefficient (Wildman–Crippen LogP) is 3.19. The molecule has 1 heterocycles. The third kappa shape index (κ3) is 4.49. The van der Waals surface area contributed by atoms with Gasteiger partial charge in [-0.3, -0.25) is 4.72 Å². The van der Waals surface area contributed by atoms with Crippen LogP contribution >= 0.6 is 15.9 Å². The second kappa shape index (κ2) is 7.83. The van der Waals surface area contributed by atoms with Crippen molar-refractivity contribution < 1.29 is 18.3 Å². The van der Waals surface area contributed by atoms with Gasteiger partial charge in [0.15, 0.2) is 5.82 Å². The summed E-state index contributed by atoms with van der Waals surface area (Å²) in [5, 5.41) is 9.16. The summed E-state index contributed by atoms with van der Waals surface area (Å²) in [4.78, 5) is 17.3. The smallest absolute Gasteiger partial charge is 0.337 e. The molecule has 2 aromatic rings. The van der Waals surface area contributed by atoms with Gasteiger partial charge in [-0.05, 0) is 44.2 Å². The van der Waals surface area contributed by atoms with E-state index in [0.717, 1.165) is 4.47 Å². The lowest BCUT2D eigenvalue weighted by Crippen LogP contribution is -2.25. The van der Waals surface area contributed by atoms with Gasteiger partial charge in [-0.1, -0.05) is 15.9 Å². The second-order valence-electron chi connectivity index (χ2n) is 5.13. The molecule has 0 saturated carbocycles. The van der Waals surface area contributed by atoms with Gasteiger partial charge >= 0.3 is 5.97 Å². The number of nitrogens with zero attached hydrogens (tertiary/aromatic N) is 2. The fourth-order valence-electron chi connectivity index (χ4n) is 2.24. The molecule has 9 heteroatoms. The largest absolute Gasteiger partial charge is 0.478 e. The SMILES string of the molecule is CCN(CC)c1ncc(C(=O)O)cc1NS(=O)(=O)c1ccc(Br)cc1. The Balaban J connectivity index is 2.49. The molecule has 134 valence electrons. The lowest BCUT2D eigenvalue weighted by molar-refractivity contribution is 0.0696. The zero-order chi connectivity index (χ0) is 18.6. The summed E-state index contributed by atoms with van der Waals surface area (Å²) in [6.07, 6.45) is 1.22. The molecule has 0 atom stereocenters. The van der Waals surface area contributed by atoms with Crippen molar-refractivity contribution in [1.82, 2.24) is 4.98 Å². The number of sulfonamides is 1. The number of benzene rings is 1. The van der Waals surface area contributed by atoms with E-state index in [4.69, 9.17) is 5.11 Å². The fraction of sp³-hybridized carbons (Fsp3) is 0.250. The van der Waals surface area contributed by atoms with Gasteiger partial charge in [-0.2, -0.15) is 0 Å². The van der Waals surface area contributed by atoms with Crippen LogP contribution in [0.3, 0.4) is 0 Å². The van der Waals surface area contributed by atoms with Crippen LogP contribution in [0.1, 0.15) is 24.2 Å². The van der Waals surface area contributed by atoms with Crippen LogP contribution in [0.25, 0.3) is 0 Å². The number of aromatic nitrogens is 1. The first kappa shape index (κ1) is 19.2. The van der Waals surface area contributed by atoms with Gasteiger partial charge in [-0.25, -0.2) is 18.2 Å². The Kier molecular flexibility index (Phi) is 6.02. The zero-order valence-corrected chi connectivity index (χ0v) is 16.1. The Morgan fingerprint density at radius 1 is 1.24 bits per heavy atom. The number of carboxylic acids is 1. The molecule has 0 bridgehead atoms. The molecule has 0 fully saturated rings. The van der Waals surface area contributed by atoms with Crippen molar-refractivity contribution in [2.24, 2.45) is 0 Å². The van der Waals surface area contributed by atoms with E-state index < -0.39 is 16.0 Å².